The second-order valence-corrected chi connectivity index (χ2v) is 2.61. The zero-order valence-corrected chi connectivity index (χ0v) is 13.3. The van der Waals surface area contributed by atoms with Gasteiger partial charge in [0.05, 0.1) is 11.9 Å². The Hall–Kier alpha value is -1.45. The van der Waals surface area contributed by atoms with E-state index in [-0.39, 0.29) is 38.4 Å². The third-order valence-electron chi connectivity index (χ3n) is 1.37. The number of carboxylic acid groups (broad SMARTS) is 3. The molecule has 0 unspecified atom stereocenters. The first-order chi connectivity index (χ1) is 7.36. The molecule has 1 aromatic rings. The zero-order valence-electron chi connectivity index (χ0n) is 8.84. The molecule has 0 saturated carbocycles. The first-order valence-electron chi connectivity index (χ1n) is 4.05. The van der Waals surface area contributed by atoms with Crippen molar-refractivity contribution in [2.45, 2.75) is 6.92 Å². The van der Waals surface area contributed by atoms with E-state index in [2.05, 4.69) is 0 Å². The van der Waals surface area contributed by atoms with E-state index < -0.39 is 17.9 Å². The van der Waals surface area contributed by atoms with Gasteiger partial charge in [0.1, 0.15) is 0 Å². The summed E-state index contributed by atoms with van der Waals surface area (Å²) in [4.78, 5) is 29.5. The van der Waals surface area contributed by atoms with Crippen molar-refractivity contribution in [2.75, 3.05) is 0 Å². The summed E-state index contributed by atoms with van der Waals surface area (Å²) in [5.74, 6) is -4.12. The molecule has 0 spiro atoms. The molecule has 1 rings (SSSR count). The van der Waals surface area contributed by atoms with E-state index in [4.69, 9.17) is 9.90 Å². The van der Waals surface area contributed by atoms with Crippen molar-refractivity contribution in [3.63, 3.8) is 0 Å². The molecule has 0 aromatic heterocycles. The van der Waals surface area contributed by atoms with Crippen LogP contribution in [-0.4, -0.2) is 45.2 Å². The Morgan fingerprint density at radius 1 is 0.882 bits per heavy atom. The molecule has 0 aliphatic heterocycles. The quantitative estimate of drug-likeness (QED) is 0.449. The Bertz CT molecular complexity index is 378. The van der Waals surface area contributed by atoms with Gasteiger partial charge in [0, 0.05) is 17.1 Å². The molecule has 0 bridgehead atoms. The van der Waals surface area contributed by atoms with Gasteiger partial charge in [0.25, 0.3) is 0 Å². The topological polar surface area (TPSA) is 120 Å². The van der Waals surface area contributed by atoms with Gasteiger partial charge in [-0.05, 0) is 6.92 Å². The van der Waals surface area contributed by atoms with Crippen LogP contribution < -0.4 is 15.3 Å². The zero-order chi connectivity index (χ0) is 12.7. The fourth-order valence-corrected chi connectivity index (χ4v) is 0.839. The number of carbonyl (C=O) groups excluding carboxylic acids is 3. The van der Waals surface area contributed by atoms with E-state index in [0.29, 0.717) is 0 Å². The molecule has 6 nitrogen and oxygen atoms in total. The molecule has 0 radical (unpaired) electrons. The van der Waals surface area contributed by atoms with Gasteiger partial charge in [-0.2, -0.15) is 0 Å². The molecule has 0 fully saturated rings. The number of carbonyl (C=O) groups is 3. The van der Waals surface area contributed by atoms with Crippen molar-refractivity contribution in [2.24, 2.45) is 0 Å². The van der Waals surface area contributed by atoms with Crippen LogP contribution in [0.15, 0.2) is 24.3 Å². The van der Waals surface area contributed by atoms with Gasteiger partial charge in [-0.1, -0.05) is 24.3 Å². The first-order valence-corrected chi connectivity index (χ1v) is 4.05. The molecule has 0 saturated heterocycles. The van der Waals surface area contributed by atoms with E-state index in [9.17, 15) is 19.8 Å². The molecule has 0 amide bonds. The summed E-state index contributed by atoms with van der Waals surface area (Å²) >= 11 is 0. The second kappa shape index (κ2) is 8.68. The molecule has 0 heterocycles. The van der Waals surface area contributed by atoms with Crippen LogP contribution >= 0.6 is 0 Å². The predicted molar refractivity (Wildman–Crippen MR) is 52.9 cm³/mol. The van der Waals surface area contributed by atoms with Crippen LogP contribution in [0.3, 0.4) is 0 Å². The number of rotatable bonds is 2. The van der Waals surface area contributed by atoms with Gasteiger partial charge >= 0.3 is 27.3 Å². The van der Waals surface area contributed by atoms with Gasteiger partial charge in [-0.25, -0.2) is 0 Å². The minimum absolute atomic E-state index is 0. The molecule has 0 atom stereocenters. The maximum absolute atomic E-state index is 10.3. The van der Waals surface area contributed by atoms with Crippen molar-refractivity contribution in [3.05, 3.63) is 35.4 Å². The van der Waals surface area contributed by atoms with Crippen molar-refractivity contribution in [1.29, 1.82) is 0 Å². The Kier molecular flexibility index (Phi) is 9.15. The van der Waals surface area contributed by atoms with Crippen LogP contribution in [-0.2, 0) is 4.79 Å². The van der Waals surface area contributed by atoms with Crippen molar-refractivity contribution in [1.82, 2.24) is 0 Å². The molecule has 17 heavy (non-hydrogen) atoms. The van der Waals surface area contributed by atoms with E-state index in [1.165, 1.54) is 12.1 Å². The molecule has 88 valence electrons. The molecule has 1 aromatic carbocycles. The fourth-order valence-electron chi connectivity index (χ4n) is 0.839. The van der Waals surface area contributed by atoms with Crippen molar-refractivity contribution in [3.8, 4) is 0 Å². The third kappa shape index (κ3) is 7.44. The van der Waals surface area contributed by atoms with Crippen LogP contribution in [0, 0.1) is 0 Å². The minimum atomic E-state index is -1.52. The Morgan fingerprint density at radius 2 is 1.12 bits per heavy atom. The predicted octanol–water partition coefficient (Wildman–Crippen LogP) is -3.48. The Balaban J connectivity index is 0. The number of aromatic carboxylic acids is 2. The normalized spacial score (nSPS) is 8.06. The number of aliphatic carboxylic acids is 1. The third-order valence-corrected chi connectivity index (χ3v) is 1.37. The van der Waals surface area contributed by atoms with Crippen molar-refractivity contribution < 1.29 is 29.7 Å². The van der Waals surface area contributed by atoms with E-state index in [1.807, 2.05) is 0 Å². The van der Waals surface area contributed by atoms with Crippen LogP contribution in [0.4, 0.5) is 0 Å². The van der Waals surface area contributed by atoms with Crippen LogP contribution in [0.2, 0.25) is 0 Å². The summed E-state index contributed by atoms with van der Waals surface area (Å²) in [7, 11) is 0. The number of carboxylic acids is 3. The SMILES string of the molecule is CC(=O)[O-].O=C([O-])c1ccccc1C(=O)[O-].[PbH+3]. The standard InChI is InChI=1S/C8H6O4.C2H4O2.Pb.H/c9-7(10)5-3-1-2-4-6(5)8(11)12;1-2(3)4;;/h1-4H,(H,9,10)(H,11,12);1H3,(H,3,4);;/q;;+3;/p-3. The van der Waals surface area contributed by atoms with Gasteiger partial charge in [-0.3, -0.25) is 0 Å². The molecule has 0 aliphatic carbocycles. The van der Waals surface area contributed by atoms with Gasteiger partial charge in [0.2, 0.25) is 0 Å². The number of hydrogen-bond donors (Lipinski definition) is 0. The first kappa shape index (κ1) is 17.9. The van der Waals surface area contributed by atoms with Gasteiger partial charge in [0.15, 0.2) is 0 Å². The molecular formula is C10H8O6Pb. The summed E-state index contributed by atoms with van der Waals surface area (Å²) in [5, 5.41) is 29.5. The summed E-state index contributed by atoms with van der Waals surface area (Å²) in [6, 6.07) is 5.14. The van der Waals surface area contributed by atoms with E-state index in [1.54, 1.807) is 0 Å². The summed E-state index contributed by atoms with van der Waals surface area (Å²) in [6.45, 7) is 0.972. The molecule has 0 aliphatic rings. The summed E-state index contributed by atoms with van der Waals surface area (Å²) in [6.07, 6.45) is 0. The average Bonchev–Trinajstić information content (AvgIpc) is 2.16. The van der Waals surface area contributed by atoms with Crippen LogP contribution in [0.5, 0.6) is 0 Å². The number of benzene rings is 1. The van der Waals surface area contributed by atoms with E-state index in [0.717, 1.165) is 19.1 Å². The monoisotopic (exact) mass is 432 g/mol. The second-order valence-electron chi connectivity index (χ2n) is 2.61. The van der Waals surface area contributed by atoms with Crippen LogP contribution in [0.1, 0.15) is 27.6 Å². The van der Waals surface area contributed by atoms with Crippen LogP contribution in [0.25, 0.3) is 0 Å². The Labute approximate surface area is 117 Å². The molecular weight excluding hydrogens is 423 g/mol. The fraction of sp³-hybridized carbons (Fsp3) is 0.100. The summed E-state index contributed by atoms with van der Waals surface area (Å²) < 4.78 is 0. The van der Waals surface area contributed by atoms with Crippen molar-refractivity contribution >= 4 is 45.2 Å². The molecule has 7 heteroatoms. The van der Waals surface area contributed by atoms with Gasteiger partial charge in [-0.15, -0.1) is 0 Å². The van der Waals surface area contributed by atoms with E-state index >= 15 is 0 Å². The Morgan fingerprint density at radius 3 is 1.29 bits per heavy atom. The summed E-state index contributed by atoms with van der Waals surface area (Å²) in [5.41, 5.74) is -0.727. The number of hydrogen-bond acceptors (Lipinski definition) is 6. The molecule has 0 N–H and O–H groups in total. The average molecular weight is 431 g/mol. The van der Waals surface area contributed by atoms with Gasteiger partial charge < -0.3 is 29.7 Å². The maximum atomic E-state index is 10.3.